The van der Waals surface area contributed by atoms with Crippen LogP contribution in [0.1, 0.15) is 25.7 Å². The molecule has 68 valence electrons. The van der Waals surface area contributed by atoms with Crippen molar-refractivity contribution in [1.82, 2.24) is 0 Å². The van der Waals surface area contributed by atoms with E-state index in [-0.39, 0.29) is 0 Å². The smallest absolute Gasteiger partial charge is 0.334 e. The summed E-state index contributed by atoms with van der Waals surface area (Å²) in [6, 6.07) is 0. The molecule has 0 aliphatic rings. The fourth-order valence-corrected chi connectivity index (χ4v) is 0.819. The van der Waals surface area contributed by atoms with Gasteiger partial charge in [-0.1, -0.05) is 0 Å². The number of methoxy groups -OCH3 is 1. The van der Waals surface area contributed by atoms with Gasteiger partial charge in [-0.25, -0.2) is 4.79 Å². The first-order valence-electron chi connectivity index (χ1n) is 3.91. The Kier molecular flexibility index (Phi) is 6.12. The zero-order valence-electron chi connectivity index (χ0n) is 7.25. The van der Waals surface area contributed by atoms with Crippen molar-refractivity contribution in [3.05, 3.63) is 0 Å². The number of terminal acetylenes is 1. The van der Waals surface area contributed by atoms with Crippen molar-refractivity contribution in [3.63, 3.8) is 0 Å². The molecule has 0 aromatic rings. The molecule has 0 spiro atoms. The highest BCUT2D eigenvalue weighted by atomic mass is 16.5. The molecule has 1 N–H and O–H groups in total. The Morgan fingerprint density at radius 2 is 2.33 bits per heavy atom. The molecule has 0 aromatic carbocycles. The molecule has 0 radical (unpaired) electrons. The first kappa shape index (κ1) is 11.0. The maximum absolute atomic E-state index is 10.7. The average molecular weight is 170 g/mol. The zero-order chi connectivity index (χ0) is 9.40. The molecule has 0 rings (SSSR count). The third-order valence-electron chi connectivity index (χ3n) is 1.52. The third-order valence-corrected chi connectivity index (χ3v) is 1.52. The predicted molar refractivity (Wildman–Crippen MR) is 45.3 cm³/mol. The van der Waals surface area contributed by atoms with Crippen LogP contribution in [-0.2, 0) is 9.53 Å². The largest absolute Gasteiger partial charge is 0.467 e. The van der Waals surface area contributed by atoms with Gasteiger partial charge in [-0.15, -0.1) is 12.3 Å². The first-order chi connectivity index (χ1) is 5.72. The van der Waals surface area contributed by atoms with Gasteiger partial charge in [-0.05, 0) is 19.3 Å². The number of hydrogen-bond donors (Lipinski definition) is 1. The maximum Gasteiger partial charge on any atom is 0.334 e. The van der Waals surface area contributed by atoms with E-state index in [1.807, 2.05) is 0 Å². The fourth-order valence-electron chi connectivity index (χ4n) is 0.819. The van der Waals surface area contributed by atoms with E-state index < -0.39 is 12.1 Å². The summed E-state index contributed by atoms with van der Waals surface area (Å²) < 4.78 is 4.34. The standard InChI is InChI=1S/C9H14O3/c1-3-4-5-6-7-8(10)9(11)12-2/h1,8,10H,4-7H2,2H3. The van der Waals surface area contributed by atoms with Crippen molar-refractivity contribution in [1.29, 1.82) is 0 Å². The van der Waals surface area contributed by atoms with Gasteiger partial charge in [0.25, 0.3) is 0 Å². The molecular formula is C9H14O3. The second-order valence-electron chi connectivity index (χ2n) is 2.49. The number of hydrogen-bond acceptors (Lipinski definition) is 3. The van der Waals surface area contributed by atoms with Crippen molar-refractivity contribution in [2.45, 2.75) is 31.8 Å². The van der Waals surface area contributed by atoms with E-state index >= 15 is 0 Å². The monoisotopic (exact) mass is 170 g/mol. The molecule has 0 saturated carbocycles. The molecule has 1 atom stereocenters. The SMILES string of the molecule is C#CCCCCC(O)C(=O)OC. The van der Waals surface area contributed by atoms with Crippen LogP contribution in [0.15, 0.2) is 0 Å². The summed E-state index contributed by atoms with van der Waals surface area (Å²) in [4.78, 5) is 10.7. The highest BCUT2D eigenvalue weighted by Crippen LogP contribution is 2.03. The lowest BCUT2D eigenvalue weighted by atomic mass is 10.1. The molecule has 3 nitrogen and oxygen atoms in total. The summed E-state index contributed by atoms with van der Waals surface area (Å²) in [5, 5.41) is 9.09. The Hall–Kier alpha value is -1.01. The van der Waals surface area contributed by atoms with Gasteiger partial charge in [0.2, 0.25) is 0 Å². The van der Waals surface area contributed by atoms with E-state index in [2.05, 4.69) is 10.7 Å². The molecule has 0 aromatic heterocycles. The highest BCUT2D eigenvalue weighted by molar-refractivity contribution is 5.74. The minimum Gasteiger partial charge on any atom is -0.467 e. The number of aliphatic hydroxyl groups is 1. The number of aliphatic hydroxyl groups excluding tert-OH is 1. The molecule has 0 bridgehead atoms. The zero-order valence-corrected chi connectivity index (χ0v) is 7.25. The number of esters is 1. The summed E-state index contributed by atoms with van der Waals surface area (Å²) in [6.45, 7) is 0. The molecule has 0 aliphatic carbocycles. The van der Waals surface area contributed by atoms with Crippen LogP contribution in [0.25, 0.3) is 0 Å². The Balaban J connectivity index is 3.38. The maximum atomic E-state index is 10.7. The summed E-state index contributed by atoms with van der Waals surface area (Å²) in [5.41, 5.74) is 0. The van der Waals surface area contributed by atoms with E-state index in [0.29, 0.717) is 12.8 Å². The molecule has 0 amide bonds. The van der Waals surface area contributed by atoms with Gasteiger partial charge in [0.15, 0.2) is 6.10 Å². The Morgan fingerprint density at radius 3 is 2.83 bits per heavy atom. The lowest BCUT2D eigenvalue weighted by Gasteiger charge is -2.06. The van der Waals surface area contributed by atoms with E-state index in [4.69, 9.17) is 11.5 Å². The Bertz CT molecular complexity index is 169. The summed E-state index contributed by atoms with van der Waals surface area (Å²) in [5.74, 6) is 1.91. The van der Waals surface area contributed by atoms with Gasteiger partial charge in [0.05, 0.1) is 7.11 Å². The molecule has 3 heteroatoms. The quantitative estimate of drug-likeness (QED) is 0.375. The predicted octanol–water partition coefficient (Wildman–Crippen LogP) is 0.714. The first-order valence-corrected chi connectivity index (χ1v) is 3.91. The molecular weight excluding hydrogens is 156 g/mol. The normalized spacial score (nSPS) is 11.8. The van der Waals surface area contributed by atoms with Crippen LogP contribution in [0, 0.1) is 12.3 Å². The number of carbonyl (C=O) groups excluding carboxylic acids is 1. The van der Waals surface area contributed by atoms with Crippen molar-refractivity contribution in [2.24, 2.45) is 0 Å². The second-order valence-corrected chi connectivity index (χ2v) is 2.49. The van der Waals surface area contributed by atoms with Crippen molar-refractivity contribution < 1.29 is 14.6 Å². The van der Waals surface area contributed by atoms with Crippen molar-refractivity contribution in [3.8, 4) is 12.3 Å². The number of carbonyl (C=O) groups is 1. The molecule has 0 saturated heterocycles. The molecule has 12 heavy (non-hydrogen) atoms. The van der Waals surface area contributed by atoms with Crippen LogP contribution < -0.4 is 0 Å². The minimum absolute atomic E-state index is 0.425. The highest BCUT2D eigenvalue weighted by Gasteiger charge is 2.13. The molecule has 1 unspecified atom stereocenters. The van der Waals surface area contributed by atoms with Crippen LogP contribution in [0.4, 0.5) is 0 Å². The van der Waals surface area contributed by atoms with Crippen LogP contribution >= 0.6 is 0 Å². The second kappa shape index (κ2) is 6.68. The lowest BCUT2D eigenvalue weighted by molar-refractivity contribution is -0.150. The van der Waals surface area contributed by atoms with Gasteiger partial charge in [-0.3, -0.25) is 0 Å². The van der Waals surface area contributed by atoms with Crippen molar-refractivity contribution >= 4 is 5.97 Å². The fraction of sp³-hybridized carbons (Fsp3) is 0.667. The van der Waals surface area contributed by atoms with Gasteiger partial charge in [-0.2, -0.15) is 0 Å². The number of rotatable bonds is 5. The van der Waals surface area contributed by atoms with Crippen molar-refractivity contribution in [2.75, 3.05) is 7.11 Å². The number of ether oxygens (including phenoxy) is 1. The average Bonchev–Trinajstić information content (AvgIpc) is 2.10. The number of unbranched alkanes of at least 4 members (excludes halogenated alkanes) is 2. The Labute approximate surface area is 72.7 Å². The van der Waals surface area contributed by atoms with Gasteiger partial charge < -0.3 is 9.84 Å². The molecule has 0 heterocycles. The summed E-state index contributed by atoms with van der Waals surface area (Å²) >= 11 is 0. The van der Waals surface area contributed by atoms with Gasteiger partial charge in [0.1, 0.15) is 0 Å². The van der Waals surface area contributed by atoms with Gasteiger partial charge in [0, 0.05) is 6.42 Å². The Morgan fingerprint density at radius 1 is 1.67 bits per heavy atom. The van der Waals surface area contributed by atoms with Crippen LogP contribution in [0.2, 0.25) is 0 Å². The molecule has 0 aliphatic heterocycles. The third kappa shape index (κ3) is 4.75. The van der Waals surface area contributed by atoms with E-state index in [9.17, 15) is 4.79 Å². The van der Waals surface area contributed by atoms with E-state index in [1.165, 1.54) is 7.11 Å². The summed E-state index contributed by atoms with van der Waals surface area (Å²) in [7, 11) is 1.26. The lowest BCUT2D eigenvalue weighted by Crippen LogP contribution is -2.21. The van der Waals surface area contributed by atoms with E-state index in [1.54, 1.807) is 0 Å². The minimum atomic E-state index is -0.993. The topological polar surface area (TPSA) is 46.5 Å². The van der Waals surface area contributed by atoms with Crippen LogP contribution in [0.3, 0.4) is 0 Å². The molecule has 0 fully saturated rings. The van der Waals surface area contributed by atoms with Gasteiger partial charge >= 0.3 is 5.97 Å². The van der Waals surface area contributed by atoms with E-state index in [0.717, 1.165) is 12.8 Å². The van der Waals surface area contributed by atoms with Crippen LogP contribution in [0.5, 0.6) is 0 Å². The summed E-state index contributed by atoms with van der Waals surface area (Å²) in [6.07, 6.45) is 6.74. The van der Waals surface area contributed by atoms with Crippen LogP contribution in [-0.4, -0.2) is 24.3 Å².